The normalized spacial score (nSPS) is 27.1. The molecular weight excluding hydrogens is 256 g/mol. The Bertz CT molecular complexity index is 609. The maximum absolute atomic E-state index is 12.4. The molecule has 2 aliphatic rings. The van der Waals surface area contributed by atoms with Crippen LogP contribution in [0.2, 0.25) is 0 Å². The number of non-ortho nitro benzene ring substituents is 1. The monoisotopic (exact) mass is 274 g/mol. The number of benzene rings is 1. The van der Waals surface area contributed by atoms with Crippen LogP contribution in [0.1, 0.15) is 39.2 Å². The third-order valence-corrected chi connectivity index (χ3v) is 4.44. The summed E-state index contributed by atoms with van der Waals surface area (Å²) in [5, 5.41) is 11.0. The van der Waals surface area contributed by atoms with Gasteiger partial charge in [0.1, 0.15) is 0 Å². The fraction of sp³-hybridized carbons (Fsp3) is 0.533. The van der Waals surface area contributed by atoms with E-state index in [4.69, 9.17) is 0 Å². The number of hydrogen-bond donors (Lipinski definition) is 0. The molecule has 0 spiro atoms. The molecule has 0 N–H and O–H groups in total. The molecule has 0 saturated heterocycles. The molecule has 1 aliphatic carbocycles. The molecule has 1 aromatic rings. The highest BCUT2D eigenvalue weighted by atomic mass is 16.6. The van der Waals surface area contributed by atoms with Crippen LogP contribution in [0.5, 0.6) is 0 Å². The Kier molecular flexibility index (Phi) is 2.64. The maximum atomic E-state index is 12.4. The van der Waals surface area contributed by atoms with Gasteiger partial charge in [-0.25, -0.2) is 0 Å². The largest absolute Gasteiger partial charge is 0.309 e. The summed E-state index contributed by atoms with van der Waals surface area (Å²) in [5.74, 6) is 0.647. The van der Waals surface area contributed by atoms with E-state index in [0.717, 1.165) is 17.7 Å². The van der Waals surface area contributed by atoms with Crippen molar-refractivity contribution in [3.05, 3.63) is 33.9 Å². The molecule has 0 bridgehead atoms. The van der Waals surface area contributed by atoms with Crippen LogP contribution in [0, 0.1) is 16.0 Å². The van der Waals surface area contributed by atoms with Crippen molar-refractivity contribution >= 4 is 17.3 Å². The molecule has 20 heavy (non-hydrogen) atoms. The van der Waals surface area contributed by atoms with Crippen molar-refractivity contribution in [1.29, 1.82) is 0 Å². The SMILES string of the molecule is CC1CC1N1C(=O)CC(C)(C)c2cc([N+](=O)[O-])ccc21. The van der Waals surface area contributed by atoms with Crippen LogP contribution in [0.4, 0.5) is 11.4 Å². The summed E-state index contributed by atoms with van der Waals surface area (Å²) in [6.07, 6.45) is 1.42. The highest BCUT2D eigenvalue weighted by molar-refractivity contribution is 5.99. The van der Waals surface area contributed by atoms with Crippen molar-refractivity contribution in [3.8, 4) is 0 Å². The molecule has 2 unspecified atom stereocenters. The van der Waals surface area contributed by atoms with Gasteiger partial charge in [-0.15, -0.1) is 0 Å². The lowest BCUT2D eigenvalue weighted by atomic mass is 9.77. The average Bonchev–Trinajstić information content (AvgIpc) is 3.04. The summed E-state index contributed by atoms with van der Waals surface area (Å²) < 4.78 is 0. The van der Waals surface area contributed by atoms with Crippen LogP contribution >= 0.6 is 0 Å². The van der Waals surface area contributed by atoms with Crippen LogP contribution in [0.3, 0.4) is 0 Å². The van der Waals surface area contributed by atoms with Crippen LogP contribution in [-0.4, -0.2) is 16.9 Å². The lowest BCUT2D eigenvalue weighted by Gasteiger charge is -2.38. The van der Waals surface area contributed by atoms with E-state index in [-0.39, 0.29) is 28.0 Å². The van der Waals surface area contributed by atoms with E-state index in [2.05, 4.69) is 6.92 Å². The molecule has 1 aromatic carbocycles. The number of nitro benzene ring substituents is 1. The first kappa shape index (κ1) is 13.1. The van der Waals surface area contributed by atoms with E-state index in [0.29, 0.717) is 12.3 Å². The number of fused-ring (bicyclic) bond motifs is 1. The van der Waals surface area contributed by atoms with Crippen molar-refractivity contribution < 1.29 is 9.72 Å². The summed E-state index contributed by atoms with van der Waals surface area (Å²) in [6, 6.07) is 5.12. The first-order valence-electron chi connectivity index (χ1n) is 6.92. The van der Waals surface area contributed by atoms with Gasteiger partial charge in [0, 0.05) is 35.7 Å². The van der Waals surface area contributed by atoms with Gasteiger partial charge in [-0.1, -0.05) is 20.8 Å². The number of carbonyl (C=O) groups excluding carboxylic acids is 1. The standard InChI is InChI=1S/C15H18N2O3/c1-9-6-13(9)16-12-5-4-10(17(19)20)7-11(12)15(2,3)8-14(16)18/h4-5,7,9,13H,6,8H2,1-3H3. The first-order chi connectivity index (χ1) is 9.31. The van der Waals surface area contributed by atoms with Gasteiger partial charge in [-0.2, -0.15) is 0 Å². The van der Waals surface area contributed by atoms with Gasteiger partial charge in [-0.05, 0) is 24.0 Å². The smallest absolute Gasteiger partial charge is 0.269 e. The predicted molar refractivity (Wildman–Crippen MR) is 75.8 cm³/mol. The molecule has 1 aliphatic heterocycles. The molecular formula is C15H18N2O3. The van der Waals surface area contributed by atoms with Crippen molar-refractivity contribution in [2.24, 2.45) is 5.92 Å². The van der Waals surface area contributed by atoms with Crippen LogP contribution < -0.4 is 4.90 Å². The minimum absolute atomic E-state index is 0.0926. The van der Waals surface area contributed by atoms with Crippen LogP contribution in [-0.2, 0) is 10.2 Å². The minimum Gasteiger partial charge on any atom is -0.309 e. The Hall–Kier alpha value is -1.91. The molecule has 0 radical (unpaired) electrons. The van der Waals surface area contributed by atoms with Gasteiger partial charge in [0.15, 0.2) is 0 Å². The van der Waals surface area contributed by atoms with E-state index in [9.17, 15) is 14.9 Å². The van der Waals surface area contributed by atoms with E-state index in [1.807, 2.05) is 18.7 Å². The highest BCUT2D eigenvalue weighted by Gasteiger charge is 2.47. The fourth-order valence-electron chi connectivity index (χ4n) is 3.11. The molecule has 3 rings (SSSR count). The molecule has 1 saturated carbocycles. The Labute approximate surface area is 117 Å². The lowest BCUT2D eigenvalue weighted by Crippen LogP contribution is -2.43. The highest BCUT2D eigenvalue weighted by Crippen LogP contribution is 2.47. The number of nitro groups is 1. The molecule has 1 heterocycles. The third kappa shape index (κ3) is 1.88. The van der Waals surface area contributed by atoms with E-state index in [1.54, 1.807) is 12.1 Å². The Balaban J connectivity index is 2.13. The molecule has 5 heteroatoms. The zero-order valence-corrected chi connectivity index (χ0v) is 11.9. The Morgan fingerprint density at radius 1 is 1.40 bits per heavy atom. The zero-order valence-electron chi connectivity index (χ0n) is 11.9. The predicted octanol–water partition coefficient (Wildman–Crippen LogP) is 3.02. The third-order valence-electron chi connectivity index (χ3n) is 4.44. The molecule has 106 valence electrons. The average molecular weight is 274 g/mol. The number of rotatable bonds is 2. The van der Waals surface area contributed by atoms with Crippen molar-refractivity contribution in [2.45, 2.75) is 45.1 Å². The first-order valence-corrected chi connectivity index (χ1v) is 6.92. The number of hydrogen-bond acceptors (Lipinski definition) is 3. The Morgan fingerprint density at radius 2 is 2.05 bits per heavy atom. The zero-order chi connectivity index (χ0) is 14.7. The molecule has 2 atom stereocenters. The molecule has 1 amide bonds. The summed E-state index contributed by atoms with van der Waals surface area (Å²) in [5.41, 5.74) is 1.50. The van der Waals surface area contributed by atoms with Gasteiger partial charge in [-0.3, -0.25) is 14.9 Å². The quantitative estimate of drug-likeness (QED) is 0.615. The minimum atomic E-state index is -0.378. The van der Waals surface area contributed by atoms with Gasteiger partial charge >= 0.3 is 0 Å². The summed E-state index contributed by atoms with van der Waals surface area (Å²) in [6.45, 7) is 6.07. The Morgan fingerprint density at radius 3 is 2.60 bits per heavy atom. The molecule has 0 aromatic heterocycles. The topological polar surface area (TPSA) is 63.5 Å². The number of nitrogens with zero attached hydrogens (tertiary/aromatic N) is 2. The molecule has 1 fully saturated rings. The van der Waals surface area contributed by atoms with Gasteiger partial charge in [0.25, 0.3) is 5.69 Å². The summed E-state index contributed by atoms with van der Waals surface area (Å²) in [4.78, 5) is 24.9. The van der Waals surface area contributed by atoms with Gasteiger partial charge in [0.2, 0.25) is 5.91 Å². The number of carbonyl (C=O) groups is 1. The van der Waals surface area contributed by atoms with E-state index < -0.39 is 0 Å². The summed E-state index contributed by atoms with van der Waals surface area (Å²) in [7, 11) is 0. The van der Waals surface area contributed by atoms with Crippen molar-refractivity contribution in [1.82, 2.24) is 0 Å². The molecule has 5 nitrogen and oxygen atoms in total. The van der Waals surface area contributed by atoms with E-state index in [1.165, 1.54) is 6.07 Å². The van der Waals surface area contributed by atoms with Crippen molar-refractivity contribution in [2.75, 3.05) is 4.90 Å². The maximum Gasteiger partial charge on any atom is 0.269 e. The van der Waals surface area contributed by atoms with Gasteiger partial charge in [0.05, 0.1) is 4.92 Å². The summed E-state index contributed by atoms with van der Waals surface area (Å²) >= 11 is 0. The van der Waals surface area contributed by atoms with Gasteiger partial charge < -0.3 is 4.90 Å². The number of anilines is 1. The second kappa shape index (κ2) is 4.04. The number of amides is 1. The second-order valence-corrected chi connectivity index (χ2v) is 6.56. The fourth-order valence-corrected chi connectivity index (χ4v) is 3.11. The van der Waals surface area contributed by atoms with Crippen LogP contribution in [0.25, 0.3) is 0 Å². The lowest BCUT2D eigenvalue weighted by molar-refractivity contribution is -0.385. The second-order valence-electron chi connectivity index (χ2n) is 6.56. The van der Waals surface area contributed by atoms with Crippen LogP contribution in [0.15, 0.2) is 18.2 Å². The van der Waals surface area contributed by atoms with Crippen molar-refractivity contribution in [3.63, 3.8) is 0 Å². The van der Waals surface area contributed by atoms with E-state index >= 15 is 0 Å².